The molecule has 0 N–H and O–H groups in total. The van der Waals surface area contributed by atoms with Crippen molar-refractivity contribution in [3.8, 4) is 0 Å². The van der Waals surface area contributed by atoms with Gasteiger partial charge in [-0.15, -0.1) is 0 Å². The van der Waals surface area contributed by atoms with E-state index >= 15 is 0 Å². The molecular formula is C7H11NO3. The minimum atomic E-state index is -0.330. The van der Waals surface area contributed by atoms with Gasteiger partial charge in [-0.05, 0) is 12.8 Å². The molecule has 0 heterocycles. The summed E-state index contributed by atoms with van der Waals surface area (Å²) in [5.41, 5.74) is 0. The van der Waals surface area contributed by atoms with Crippen molar-refractivity contribution in [2.45, 2.75) is 25.7 Å². The van der Waals surface area contributed by atoms with Crippen LogP contribution in [0.25, 0.3) is 0 Å². The van der Waals surface area contributed by atoms with E-state index in [2.05, 4.69) is 0 Å². The van der Waals surface area contributed by atoms with Crippen LogP contribution in [0.4, 0.5) is 0 Å². The monoisotopic (exact) mass is 157 g/mol. The van der Waals surface area contributed by atoms with Crippen LogP contribution in [0.3, 0.4) is 0 Å². The molecule has 1 rings (SSSR count). The van der Waals surface area contributed by atoms with Crippen molar-refractivity contribution in [3.63, 3.8) is 0 Å². The molecule has 0 saturated heterocycles. The molecule has 62 valence electrons. The van der Waals surface area contributed by atoms with Crippen LogP contribution in [0, 0.1) is 16.0 Å². The topological polar surface area (TPSA) is 60.2 Å². The summed E-state index contributed by atoms with van der Waals surface area (Å²) >= 11 is 0. The highest BCUT2D eigenvalue weighted by molar-refractivity contribution is 5.79. The largest absolute Gasteiger partial charge is 0.300 e. The fraction of sp³-hybridized carbons (Fsp3) is 0.857. The minimum absolute atomic E-state index is 0.00579. The lowest BCUT2D eigenvalue weighted by atomic mass is 9.88. The molecule has 11 heavy (non-hydrogen) atoms. The highest BCUT2D eigenvalue weighted by atomic mass is 16.6. The van der Waals surface area contributed by atoms with E-state index < -0.39 is 0 Å². The van der Waals surface area contributed by atoms with Gasteiger partial charge in [0.1, 0.15) is 5.78 Å². The number of nitro groups is 1. The van der Waals surface area contributed by atoms with Crippen LogP contribution in [0.15, 0.2) is 0 Å². The van der Waals surface area contributed by atoms with Gasteiger partial charge in [-0.2, -0.15) is 0 Å². The standard InChI is InChI=1S/C7H11NO3/c9-7-3-1-2-6(4-7)5-8(10)11/h6H,1-5H2/t6-/m1/s1. The molecule has 0 amide bonds. The molecule has 1 atom stereocenters. The van der Waals surface area contributed by atoms with Crippen LogP contribution >= 0.6 is 0 Å². The summed E-state index contributed by atoms with van der Waals surface area (Å²) in [6, 6.07) is 0. The first-order chi connectivity index (χ1) is 5.18. The molecule has 0 radical (unpaired) electrons. The first kappa shape index (κ1) is 8.17. The lowest BCUT2D eigenvalue weighted by Gasteiger charge is -2.16. The second kappa shape index (κ2) is 3.46. The molecule has 0 aromatic heterocycles. The summed E-state index contributed by atoms with van der Waals surface area (Å²) in [6.07, 6.45) is 2.71. The predicted molar refractivity (Wildman–Crippen MR) is 38.8 cm³/mol. The Hall–Kier alpha value is -0.930. The minimum Gasteiger partial charge on any atom is -0.300 e. The Labute approximate surface area is 64.7 Å². The number of carbonyl (C=O) groups is 1. The van der Waals surface area contributed by atoms with E-state index in [9.17, 15) is 14.9 Å². The average molecular weight is 157 g/mol. The van der Waals surface area contributed by atoms with E-state index in [0.29, 0.717) is 12.8 Å². The van der Waals surface area contributed by atoms with Gasteiger partial charge in [-0.1, -0.05) is 0 Å². The number of hydrogen-bond donors (Lipinski definition) is 0. The van der Waals surface area contributed by atoms with Crippen LogP contribution in [0.2, 0.25) is 0 Å². The van der Waals surface area contributed by atoms with Gasteiger partial charge >= 0.3 is 0 Å². The molecule has 1 saturated carbocycles. The third-order valence-corrected chi connectivity index (χ3v) is 1.99. The first-order valence-electron chi connectivity index (χ1n) is 3.82. The molecular weight excluding hydrogens is 146 g/mol. The van der Waals surface area contributed by atoms with Crippen molar-refractivity contribution in [3.05, 3.63) is 10.1 Å². The SMILES string of the molecule is O=C1CCC[C@@H](C[N+](=O)[O-])C1. The van der Waals surface area contributed by atoms with Crippen LogP contribution in [0.1, 0.15) is 25.7 Å². The molecule has 4 nitrogen and oxygen atoms in total. The highest BCUT2D eigenvalue weighted by Crippen LogP contribution is 2.20. The van der Waals surface area contributed by atoms with Crippen molar-refractivity contribution in [2.24, 2.45) is 5.92 Å². The van der Waals surface area contributed by atoms with Crippen molar-refractivity contribution in [2.75, 3.05) is 6.54 Å². The molecule has 0 spiro atoms. The van der Waals surface area contributed by atoms with E-state index in [4.69, 9.17) is 0 Å². The van der Waals surface area contributed by atoms with Gasteiger partial charge in [-0.25, -0.2) is 0 Å². The maximum absolute atomic E-state index is 10.8. The zero-order valence-electron chi connectivity index (χ0n) is 6.28. The van der Waals surface area contributed by atoms with E-state index in [0.717, 1.165) is 12.8 Å². The Morgan fingerprint density at radius 1 is 1.64 bits per heavy atom. The third kappa shape index (κ3) is 2.65. The summed E-state index contributed by atoms with van der Waals surface area (Å²) in [5, 5.41) is 10.1. The quantitative estimate of drug-likeness (QED) is 0.444. The fourth-order valence-electron chi connectivity index (χ4n) is 1.48. The highest BCUT2D eigenvalue weighted by Gasteiger charge is 2.23. The van der Waals surface area contributed by atoms with Crippen molar-refractivity contribution in [1.29, 1.82) is 0 Å². The molecule has 0 aliphatic heterocycles. The summed E-state index contributed by atoms with van der Waals surface area (Å²) < 4.78 is 0. The smallest absolute Gasteiger partial charge is 0.207 e. The van der Waals surface area contributed by atoms with Crippen LogP contribution < -0.4 is 0 Å². The van der Waals surface area contributed by atoms with Gasteiger partial charge in [0.25, 0.3) is 0 Å². The second-order valence-corrected chi connectivity index (χ2v) is 3.02. The molecule has 0 unspecified atom stereocenters. The number of ketones is 1. The maximum Gasteiger partial charge on any atom is 0.207 e. The number of rotatable bonds is 2. The Kier molecular flexibility index (Phi) is 2.57. The van der Waals surface area contributed by atoms with E-state index in [1.807, 2.05) is 0 Å². The summed E-state index contributed by atoms with van der Waals surface area (Å²) in [4.78, 5) is 20.6. The van der Waals surface area contributed by atoms with Crippen molar-refractivity contribution < 1.29 is 9.72 Å². The van der Waals surface area contributed by atoms with Gasteiger partial charge in [0, 0.05) is 23.7 Å². The van der Waals surface area contributed by atoms with Crippen molar-refractivity contribution >= 4 is 5.78 Å². The third-order valence-electron chi connectivity index (χ3n) is 1.99. The molecule has 1 aliphatic carbocycles. The van der Waals surface area contributed by atoms with Gasteiger partial charge in [0.15, 0.2) is 0 Å². The van der Waals surface area contributed by atoms with E-state index in [1.54, 1.807) is 0 Å². The van der Waals surface area contributed by atoms with E-state index in [-0.39, 0.29) is 23.2 Å². The van der Waals surface area contributed by atoms with Crippen LogP contribution in [0.5, 0.6) is 0 Å². The second-order valence-electron chi connectivity index (χ2n) is 3.02. The Bertz CT molecular complexity index is 177. The molecule has 0 aromatic carbocycles. The molecule has 0 bridgehead atoms. The molecule has 0 aromatic rings. The molecule has 1 aliphatic rings. The first-order valence-corrected chi connectivity index (χ1v) is 3.82. The lowest BCUT2D eigenvalue weighted by Crippen LogP contribution is -2.21. The zero-order chi connectivity index (χ0) is 8.27. The molecule has 4 heteroatoms. The van der Waals surface area contributed by atoms with Gasteiger partial charge in [-0.3, -0.25) is 14.9 Å². The number of nitrogens with zero attached hydrogens (tertiary/aromatic N) is 1. The van der Waals surface area contributed by atoms with Gasteiger partial charge in [0.05, 0.1) is 0 Å². The summed E-state index contributed by atoms with van der Waals surface area (Å²) in [5.74, 6) is 0.189. The van der Waals surface area contributed by atoms with E-state index in [1.165, 1.54) is 0 Å². The Morgan fingerprint density at radius 3 is 2.91 bits per heavy atom. The normalized spacial score (nSPS) is 25.1. The van der Waals surface area contributed by atoms with Gasteiger partial charge in [0.2, 0.25) is 6.54 Å². The number of Topliss-reactive ketones (excluding diaryl/α,β-unsaturated/α-hetero) is 1. The fourth-order valence-corrected chi connectivity index (χ4v) is 1.48. The van der Waals surface area contributed by atoms with Crippen molar-refractivity contribution in [1.82, 2.24) is 0 Å². The maximum atomic E-state index is 10.8. The summed E-state index contributed by atoms with van der Waals surface area (Å²) in [7, 11) is 0. The predicted octanol–water partition coefficient (Wildman–Crippen LogP) is 1.02. The Balaban J connectivity index is 2.34. The van der Waals surface area contributed by atoms with Crippen LogP contribution in [-0.4, -0.2) is 17.3 Å². The number of hydrogen-bond acceptors (Lipinski definition) is 3. The Morgan fingerprint density at radius 2 is 2.36 bits per heavy atom. The number of carbonyl (C=O) groups excluding carboxylic acids is 1. The van der Waals surface area contributed by atoms with Gasteiger partial charge < -0.3 is 0 Å². The summed E-state index contributed by atoms with van der Waals surface area (Å²) in [6.45, 7) is -0.0360. The lowest BCUT2D eigenvalue weighted by molar-refractivity contribution is -0.488. The zero-order valence-corrected chi connectivity index (χ0v) is 6.28. The molecule has 1 fully saturated rings. The van der Waals surface area contributed by atoms with Crippen LogP contribution in [-0.2, 0) is 4.79 Å². The average Bonchev–Trinajstić information content (AvgIpc) is 1.85.